The maximum Gasteiger partial charge on any atom is 0.191 e. The Hall–Kier alpha value is -0.790. The molecule has 1 saturated carbocycles. The number of halogens is 1. The first-order chi connectivity index (χ1) is 11.1. The van der Waals surface area contributed by atoms with E-state index >= 15 is 0 Å². The molecule has 0 spiro atoms. The molecule has 2 rings (SSSR count). The van der Waals surface area contributed by atoms with Crippen LogP contribution in [-0.2, 0) is 6.42 Å². The van der Waals surface area contributed by atoms with Gasteiger partial charge in [-0.15, -0.1) is 24.0 Å². The molecule has 24 heavy (non-hydrogen) atoms. The first kappa shape index (κ1) is 21.3. The highest BCUT2D eigenvalue weighted by molar-refractivity contribution is 14.0. The maximum absolute atomic E-state index is 5.22. The van der Waals surface area contributed by atoms with Crippen LogP contribution in [0.25, 0.3) is 0 Å². The molecule has 1 aromatic heterocycles. The van der Waals surface area contributed by atoms with Crippen LogP contribution in [-0.4, -0.2) is 30.2 Å². The number of rotatable bonds is 6. The molecular formula is C18H33IN4O. The zero-order chi connectivity index (χ0) is 16.7. The van der Waals surface area contributed by atoms with Gasteiger partial charge in [-0.2, -0.15) is 0 Å². The molecule has 5 nitrogen and oxygen atoms in total. The highest BCUT2D eigenvalue weighted by Gasteiger charge is 2.21. The lowest BCUT2D eigenvalue weighted by atomic mass is 9.84. The van der Waals surface area contributed by atoms with Crippen molar-refractivity contribution < 1.29 is 4.52 Å². The second-order valence-corrected chi connectivity index (χ2v) is 6.60. The summed E-state index contributed by atoms with van der Waals surface area (Å²) in [6.07, 6.45) is 7.40. The summed E-state index contributed by atoms with van der Waals surface area (Å²) in [5.74, 6) is 2.72. The van der Waals surface area contributed by atoms with Gasteiger partial charge in [-0.1, -0.05) is 31.3 Å². The Kier molecular flexibility index (Phi) is 9.69. The number of hydrogen-bond acceptors (Lipinski definition) is 3. The van der Waals surface area contributed by atoms with Crippen molar-refractivity contribution in [3.8, 4) is 0 Å². The third-order valence-electron chi connectivity index (χ3n) is 4.86. The number of aryl methyl sites for hydroxylation is 2. The van der Waals surface area contributed by atoms with Crippen molar-refractivity contribution in [2.45, 2.75) is 72.3 Å². The molecule has 0 aliphatic heterocycles. The summed E-state index contributed by atoms with van der Waals surface area (Å²) < 4.78 is 5.22. The minimum Gasteiger partial charge on any atom is -0.361 e. The van der Waals surface area contributed by atoms with Gasteiger partial charge in [0.1, 0.15) is 5.76 Å². The van der Waals surface area contributed by atoms with E-state index in [4.69, 9.17) is 9.52 Å². The molecule has 1 aliphatic carbocycles. The fraction of sp³-hybridized carbons (Fsp3) is 0.778. The molecule has 138 valence electrons. The predicted octanol–water partition coefficient (Wildman–Crippen LogP) is 3.98. The minimum absolute atomic E-state index is 0. The van der Waals surface area contributed by atoms with Crippen molar-refractivity contribution >= 4 is 29.9 Å². The lowest BCUT2D eigenvalue weighted by Crippen LogP contribution is -2.45. The van der Waals surface area contributed by atoms with Gasteiger partial charge in [0.05, 0.1) is 5.69 Å². The van der Waals surface area contributed by atoms with Crippen LogP contribution < -0.4 is 10.6 Å². The molecule has 6 heteroatoms. The number of aromatic nitrogens is 1. The van der Waals surface area contributed by atoms with E-state index in [0.29, 0.717) is 6.04 Å². The number of nitrogens with zero attached hydrogens (tertiary/aromatic N) is 2. The van der Waals surface area contributed by atoms with Crippen LogP contribution in [0.4, 0.5) is 0 Å². The van der Waals surface area contributed by atoms with E-state index in [1.807, 2.05) is 13.8 Å². The van der Waals surface area contributed by atoms with Gasteiger partial charge < -0.3 is 15.2 Å². The lowest BCUT2D eigenvalue weighted by molar-refractivity contribution is 0.298. The van der Waals surface area contributed by atoms with Crippen molar-refractivity contribution in [3.05, 3.63) is 17.0 Å². The van der Waals surface area contributed by atoms with Gasteiger partial charge >= 0.3 is 0 Å². The molecule has 0 aromatic carbocycles. The summed E-state index contributed by atoms with van der Waals surface area (Å²) in [7, 11) is 0. The molecule has 1 fully saturated rings. The largest absolute Gasteiger partial charge is 0.361 e. The average molecular weight is 448 g/mol. The van der Waals surface area contributed by atoms with Crippen LogP contribution in [0.15, 0.2) is 9.52 Å². The van der Waals surface area contributed by atoms with Gasteiger partial charge in [0.25, 0.3) is 0 Å². The Morgan fingerprint density at radius 3 is 2.71 bits per heavy atom. The second kappa shape index (κ2) is 10.9. The van der Waals surface area contributed by atoms with E-state index < -0.39 is 0 Å². The molecule has 0 bridgehead atoms. The SMILES string of the molecule is CCNC(=NCCc1c(C)noc1C)NC1CCCC(CC)C1.I. The maximum atomic E-state index is 5.22. The third kappa shape index (κ3) is 6.26. The van der Waals surface area contributed by atoms with Crippen molar-refractivity contribution in [2.75, 3.05) is 13.1 Å². The first-order valence-electron chi connectivity index (χ1n) is 9.10. The van der Waals surface area contributed by atoms with E-state index in [1.165, 1.54) is 37.7 Å². The second-order valence-electron chi connectivity index (χ2n) is 6.60. The summed E-state index contributed by atoms with van der Waals surface area (Å²) in [4.78, 5) is 4.74. The van der Waals surface area contributed by atoms with Crippen LogP contribution in [0.2, 0.25) is 0 Å². The van der Waals surface area contributed by atoms with E-state index in [-0.39, 0.29) is 24.0 Å². The fourth-order valence-electron chi connectivity index (χ4n) is 3.44. The molecule has 0 amide bonds. The van der Waals surface area contributed by atoms with Gasteiger partial charge in [-0.05, 0) is 46.0 Å². The van der Waals surface area contributed by atoms with Crippen molar-refractivity contribution in [3.63, 3.8) is 0 Å². The molecule has 2 atom stereocenters. The molecule has 1 aromatic rings. The van der Waals surface area contributed by atoms with Gasteiger partial charge in [0.15, 0.2) is 5.96 Å². The van der Waals surface area contributed by atoms with Crippen LogP contribution in [0.3, 0.4) is 0 Å². The molecule has 2 unspecified atom stereocenters. The fourth-order valence-corrected chi connectivity index (χ4v) is 3.44. The van der Waals surface area contributed by atoms with Crippen LogP contribution in [0.1, 0.15) is 63.0 Å². The van der Waals surface area contributed by atoms with E-state index in [1.54, 1.807) is 0 Å². The summed E-state index contributed by atoms with van der Waals surface area (Å²) in [6, 6.07) is 0.561. The van der Waals surface area contributed by atoms with E-state index in [9.17, 15) is 0 Å². The number of nitrogens with one attached hydrogen (secondary N) is 2. The third-order valence-corrected chi connectivity index (χ3v) is 4.86. The Bertz CT molecular complexity index is 496. The van der Waals surface area contributed by atoms with Crippen LogP contribution in [0.5, 0.6) is 0 Å². The van der Waals surface area contributed by atoms with Gasteiger partial charge in [-0.25, -0.2) is 0 Å². The first-order valence-corrected chi connectivity index (χ1v) is 9.10. The number of aliphatic imine (C=N–C) groups is 1. The molecule has 0 radical (unpaired) electrons. The van der Waals surface area contributed by atoms with Gasteiger partial charge in [0, 0.05) is 24.7 Å². The zero-order valence-electron chi connectivity index (χ0n) is 15.5. The van der Waals surface area contributed by atoms with Gasteiger partial charge in [-0.3, -0.25) is 4.99 Å². The predicted molar refractivity (Wildman–Crippen MR) is 110 cm³/mol. The number of guanidine groups is 1. The molecule has 0 saturated heterocycles. The zero-order valence-corrected chi connectivity index (χ0v) is 17.9. The Balaban J connectivity index is 0.00000288. The molecular weight excluding hydrogens is 415 g/mol. The Morgan fingerprint density at radius 1 is 1.29 bits per heavy atom. The summed E-state index contributed by atoms with van der Waals surface area (Å²) in [6.45, 7) is 10.0. The molecule has 1 aliphatic rings. The smallest absolute Gasteiger partial charge is 0.191 e. The van der Waals surface area contributed by atoms with Crippen LogP contribution in [0, 0.1) is 19.8 Å². The summed E-state index contributed by atoms with van der Waals surface area (Å²) in [5.41, 5.74) is 2.17. The normalized spacial score (nSPS) is 21.2. The molecule has 1 heterocycles. The Labute approximate surface area is 163 Å². The summed E-state index contributed by atoms with van der Waals surface area (Å²) >= 11 is 0. The van der Waals surface area contributed by atoms with Gasteiger partial charge in [0.2, 0.25) is 0 Å². The number of hydrogen-bond donors (Lipinski definition) is 2. The van der Waals surface area contributed by atoms with Crippen molar-refractivity contribution in [1.82, 2.24) is 15.8 Å². The average Bonchev–Trinajstić information content (AvgIpc) is 2.87. The van der Waals surface area contributed by atoms with Crippen molar-refractivity contribution in [1.29, 1.82) is 0 Å². The van der Waals surface area contributed by atoms with E-state index in [0.717, 1.165) is 42.8 Å². The minimum atomic E-state index is 0. The summed E-state index contributed by atoms with van der Waals surface area (Å²) in [5, 5.41) is 11.0. The quantitative estimate of drug-likeness (QED) is 0.393. The topological polar surface area (TPSA) is 62.5 Å². The highest BCUT2D eigenvalue weighted by Crippen LogP contribution is 2.26. The Morgan fingerprint density at radius 2 is 2.08 bits per heavy atom. The van der Waals surface area contributed by atoms with Crippen LogP contribution >= 0.6 is 24.0 Å². The van der Waals surface area contributed by atoms with Crippen molar-refractivity contribution in [2.24, 2.45) is 10.9 Å². The highest BCUT2D eigenvalue weighted by atomic mass is 127. The lowest BCUT2D eigenvalue weighted by Gasteiger charge is -2.30. The standard InChI is InChI=1S/C18H32N4O.HI/c1-5-15-8-7-9-16(12-15)21-18(19-6-2)20-11-10-17-13(3)22-23-14(17)4;/h15-16H,5-12H2,1-4H3,(H2,19,20,21);1H. The monoisotopic (exact) mass is 448 g/mol. The molecule has 2 N–H and O–H groups in total. The van der Waals surface area contributed by atoms with E-state index in [2.05, 4.69) is 29.6 Å².